The Balaban J connectivity index is 1.77. The molecule has 5 nitrogen and oxygen atoms in total. The van der Waals surface area contributed by atoms with E-state index in [2.05, 4.69) is 34.4 Å². The number of piperidine rings is 1. The van der Waals surface area contributed by atoms with Crippen molar-refractivity contribution >= 4 is 0 Å². The smallest absolute Gasteiger partial charge is 0.0964 e. The Bertz CT molecular complexity index is 362. The lowest BCUT2D eigenvalue weighted by Crippen LogP contribution is -2.40. The standard InChI is InChI=1S/C13H25N5/c1-11-4-5-17(9-12(11)2)6-7-18-10-13(8-14-3)15-16-18/h10-12,14H,4-9H2,1-3H3. The first-order valence-corrected chi connectivity index (χ1v) is 6.95. The van der Waals surface area contributed by atoms with Crippen LogP contribution in [0.2, 0.25) is 0 Å². The van der Waals surface area contributed by atoms with Gasteiger partial charge in [0.25, 0.3) is 0 Å². The molecule has 2 heterocycles. The fourth-order valence-corrected chi connectivity index (χ4v) is 2.51. The molecule has 0 bridgehead atoms. The van der Waals surface area contributed by atoms with Crippen LogP contribution in [0.5, 0.6) is 0 Å². The first-order chi connectivity index (χ1) is 8.69. The van der Waals surface area contributed by atoms with Crippen molar-refractivity contribution in [3.05, 3.63) is 11.9 Å². The summed E-state index contributed by atoms with van der Waals surface area (Å²) < 4.78 is 1.95. The number of hydrogen-bond acceptors (Lipinski definition) is 4. The summed E-state index contributed by atoms with van der Waals surface area (Å²) in [5, 5.41) is 11.4. The molecule has 1 aromatic rings. The van der Waals surface area contributed by atoms with Crippen LogP contribution in [0.1, 0.15) is 26.0 Å². The second-order valence-electron chi connectivity index (χ2n) is 5.55. The minimum absolute atomic E-state index is 0.790. The predicted octanol–water partition coefficient (Wildman–Crippen LogP) is 0.975. The summed E-state index contributed by atoms with van der Waals surface area (Å²) in [6.07, 6.45) is 3.36. The second-order valence-corrected chi connectivity index (χ2v) is 5.55. The van der Waals surface area contributed by atoms with Crippen molar-refractivity contribution in [1.29, 1.82) is 0 Å². The first-order valence-electron chi connectivity index (χ1n) is 6.95. The maximum atomic E-state index is 4.15. The van der Waals surface area contributed by atoms with E-state index in [4.69, 9.17) is 0 Å². The molecule has 1 aromatic heterocycles. The molecule has 0 aliphatic carbocycles. The van der Waals surface area contributed by atoms with E-state index < -0.39 is 0 Å². The van der Waals surface area contributed by atoms with Crippen LogP contribution in [-0.4, -0.2) is 46.6 Å². The number of likely N-dealkylation sites (tertiary alicyclic amines) is 1. The van der Waals surface area contributed by atoms with E-state index in [1.54, 1.807) is 0 Å². The number of nitrogens with one attached hydrogen (secondary N) is 1. The molecule has 1 fully saturated rings. The number of rotatable bonds is 5. The van der Waals surface area contributed by atoms with E-state index in [0.717, 1.165) is 37.2 Å². The number of nitrogens with zero attached hydrogens (tertiary/aromatic N) is 4. The van der Waals surface area contributed by atoms with Gasteiger partial charge in [0.15, 0.2) is 0 Å². The minimum Gasteiger partial charge on any atom is -0.314 e. The van der Waals surface area contributed by atoms with Gasteiger partial charge < -0.3 is 10.2 Å². The predicted molar refractivity (Wildman–Crippen MR) is 72.2 cm³/mol. The summed E-state index contributed by atoms with van der Waals surface area (Å²) >= 11 is 0. The molecule has 1 aliphatic rings. The maximum absolute atomic E-state index is 4.15. The van der Waals surface area contributed by atoms with E-state index in [0.29, 0.717) is 0 Å². The Kier molecular flexibility index (Phi) is 4.72. The number of hydrogen-bond donors (Lipinski definition) is 1. The van der Waals surface area contributed by atoms with E-state index >= 15 is 0 Å². The van der Waals surface area contributed by atoms with Crippen LogP contribution >= 0.6 is 0 Å². The Morgan fingerprint density at radius 3 is 2.89 bits per heavy atom. The molecule has 1 saturated heterocycles. The highest BCUT2D eigenvalue weighted by Crippen LogP contribution is 2.21. The fraction of sp³-hybridized carbons (Fsp3) is 0.846. The highest BCUT2D eigenvalue weighted by Gasteiger charge is 2.22. The summed E-state index contributed by atoms with van der Waals surface area (Å²) in [6, 6.07) is 0. The summed E-state index contributed by atoms with van der Waals surface area (Å²) in [4.78, 5) is 2.55. The van der Waals surface area contributed by atoms with Gasteiger partial charge in [-0.3, -0.25) is 4.68 Å². The molecule has 0 spiro atoms. The fourth-order valence-electron chi connectivity index (χ4n) is 2.51. The molecule has 2 rings (SSSR count). The van der Waals surface area contributed by atoms with Crippen LogP contribution in [0.15, 0.2) is 6.20 Å². The molecule has 0 saturated carbocycles. The Labute approximate surface area is 110 Å². The monoisotopic (exact) mass is 251 g/mol. The van der Waals surface area contributed by atoms with Crippen LogP contribution in [-0.2, 0) is 13.1 Å². The minimum atomic E-state index is 0.790. The van der Waals surface area contributed by atoms with Crippen molar-refractivity contribution < 1.29 is 0 Å². The van der Waals surface area contributed by atoms with Gasteiger partial charge in [-0.25, -0.2) is 0 Å². The molecule has 5 heteroatoms. The quantitative estimate of drug-likeness (QED) is 0.847. The van der Waals surface area contributed by atoms with Crippen molar-refractivity contribution in [1.82, 2.24) is 25.2 Å². The highest BCUT2D eigenvalue weighted by atomic mass is 15.4. The summed E-state index contributed by atoms with van der Waals surface area (Å²) in [5.74, 6) is 1.68. The molecule has 2 unspecified atom stereocenters. The molecule has 1 aliphatic heterocycles. The highest BCUT2D eigenvalue weighted by molar-refractivity contribution is 4.91. The summed E-state index contributed by atoms with van der Waals surface area (Å²) in [6.45, 7) is 9.99. The third-order valence-corrected chi connectivity index (χ3v) is 4.01. The van der Waals surface area contributed by atoms with Crippen molar-refractivity contribution in [2.24, 2.45) is 11.8 Å². The first kappa shape index (κ1) is 13.5. The van der Waals surface area contributed by atoms with Crippen LogP contribution in [0.25, 0.3) is 0 Å². The zero-order valence-corrected chi connectivity index (χ0v) is 11.8. The molecule has 0 amide bonds. The van der Waals surface area contributed by atoms with E-state index in [9.17, 15) is 0 Å². The van der Waals surface area contributed by atoms with E-state index in [1.807, 2.05) is 17.9 Å². The average molecular weight is 251 g/mol. The molecular weight excluding hydrogens is 226 g/mol. The Morgan fingerprint density at radius 1 is 1.33 bits per heavy atom. The van der Waals surface area contributed by atoms with Crippen molar-refractivity contribution in [3.63, 3.8) is 0 Å². The Morgan fingerprint density at radius 2 is 2.17 bits per heavy atom. The number of aromatic nitrogens is 3. The van der Waals surface area contributed by atoms with Crippen molar-refractivity contribution in [2.75, 3.05) is 26.7 Å². The third kappa shape index (κ3) is 3.53. The largest absolute Gasteiger partial charge is 0.314 e. The average Bonchev–Trinajstić information content (AvgIpc) is 2.79. The lowest BCUT2D eigenvalue weighted by atomic mass is 9.89. The summed E-state index contributed by atoms with van der Waals surface area (Å²) in [5.41, 5.74) is 1.01. The van der Waals surface area contributed by atoms with Crippen molar-refractivity contribution in [2.45, 2.75) is 33.4 Å². The van der Waals surface area contributed by atoms with Gasteiger partial charge in [-0.1, -0.05) is 19.1 Å². The normalized spacial score (nSPS) is 25.5. The van der Waals surface area contributed by atoms with Gasteiger partial charge in [0.2, 0.25) is 0 Å². The van der Waals surface area contributed by atoms with Gasteiger partial charge in [0.1, 0.15) is 0 Å². The summed E-state index contributed by atoms with van der Waals surface area (Å²) in [7, 11) is 1.93. The maximum Gasteiger partial charge on any atom is 0.0964 e. The third-order valence-electron chi connectivity index (χ3n) is 4.01. The van der Waals surface area contributed by atoms with Crippen LogP contribution in [0, 0.1) is 11.8 Å². The molecule has 0 radical (unpaired) electrons. The van der Waals surface area contributed by atoms with Crippen molar-refractivity contribution in [3.8, 4) is 0 Å². The lowest BCUT2D eigenvalue weighted by molar-refractivity contribution is 0.133. The molecule has 0 aromatic carbocycles. The van der Waals surface area contributed by atoms with Gasteiger partial charge in [0.05, 0.1) is 12.2 Å². The van der Waals surface area contributed by atoms with Gasteiger partial charge in [-0.2, -0.15) is 0 Å². The second kappa shape index (κ2) is 6.29. The molecule has 102 valence electrons. The van der Waals surface area contributed by atoms with Gasteiger partial charge in [-0.05, 0) is 31.8 Å². The van der Waals surface area contributed by atoms with E-state index in [1.165, 1.54) is 19.5 Å². The van der Waals surface area contributed by atoms with Crippen LogP contribution in [0.3, 0.4) is 0 Å². The molecular formula is C13H25N5. The SMILES string of the molecule is CNCc1cn(CCN2CCC(C)C(C)C2)nn1. The van der Waals surface area contributed by atoms with Gasteiger partial charge in [0, 0.05) is 25.8 Å². The topological polar surface area (TPSA) is 46.0 Å². The van der Waals surface area contributed by atoms with E-state index in [-0.39, 0.29) is 0 Å². The van der Waals surface area contributed by atoms with Gasteiger partial charge >= 0.3 is 0 Å². The molecule has 18 heavy (non-hydrogen) atoms. The zero-order valence-electron chi connectivity index (χ0n) is 11.8. The van der Waals surface area contributed by atoms with Crippen LogP contribution in [0.4, 0.5) is 0 Å². The Hall–Kier alpha value is -0.940. The van der Waals surface area contributed by atoms with Gasteiger partial charge in [-0.15, -0.1) is 5.10 Å². The molecule has 1 N–H and O–H groups in total. The van der Waals surface area contributed by atoms with Crippen LogP contribution < -0.4 is 5.32 Å². The zero-order chi connectivity index (χ0) is 13.0. The molecule has 2 atom stereocenters. The lowest BCUT2D eigenvalue weighted by Gasteiger charge is -2.35.